The van der Waals surface area contributed by atoms with E-state index in [1.807, 2.05) is 12.1 Å². The van der Waals surface area contributed by atoms with Crippen LogP contribution >= 0.6 is 15.9 Å². The summed E-state index contributed by atoms with van der Waals surface area (Å²) in [5, 5.41) is 9.29. The first-order valence-corrected chi connectivity index (χ1v) is 9.30. The molecule has 5 nitrogen and oxygen atoms in total. The van der Waals surface area contributed by atoms with Gasteiger partial charge in [0, 0.05) is 4.47 Å². The largest absolute Gasteiger partial charge is 0.494 e. The summed E-state index contributed by atoms with van der Waals surface area (Å²) < 4.78 is 29.4. The smallest absolute Gasteiger partial charge is 0.306 e. The van der Waals surface area contributed by atoms with Crippen molar-refractivity contribution < 1.29 is 23.1 Å². The van der Waals surface area contributed by atoms with Crippen LogP contribution in [0.4, 0.5) is 0 Å². The maximum absolute atomic E-state index is 11.5. The van der Waals surface area contributed by atoms with Crippen LogP contribution in [0.25, 0.3) is 0 Å². The molecule has 0 radical (unpaired) electrons. The van der Waals surface area contributed by atoms with E-state index in [4.69, 9.17) is 4.74 Å². The van der Waals surface area contributed by atoms with Crippen molar-refractivity contribution in [2.75, 3.05) is 18.1 Å². The second-order valence-electron chi connectivity index (χ2n) is 5.20. The number of halogens is 1. The van der Waals surface area contributed by atoms with Gasteiger partial charge in [-0.2, -0.15) is 0 Å². The summed E-state index contributed by atoms with van der Waals surface area (Å²) in [6, 6.07) is 7.30. The van der Waals surface area contributed by atoms with Crippen LogP contribution in [-0.2, 0) is 14.6 Å². The molecule has 1 aromatic rings. The van der Waals surface area contributed by atoms with Crippen LogP contribution in [0.15, 0.2) is 28.7 Å². The second kappa shape index (κ2) is 6.79. The molecule has 0 saturated carbocycles. The Morgan fingerprint density at radius 2 is 2.24 bits per heavy atom. The lowest BCUT2D eigenvalue weighted by Gasteiger charge is -2.18. The Labute approximate surface area is 132 Å². The lowest BCUT2D eigenvalue weighted by Crippen LogP contribution is -2.26. The number of carbonyl (C=O) groups is 1. The predicted octanol–water partition coefficient (Wildman–Crippen LogP) is 2.35. The summed E-state index contributed by atoms with van der Waals surface area (Å²) in [4.78, 5) is 11.3. The van der Waals surface area contributed by atoms with Gasteiger partial charge in [-0.1, -0.05) is 22.0 Å². The molecule has 2 atom stereocenters. The highest BCUT2D eigenvalue weighted by Crippen LogP contribution is 2.29. The summed E-state index contributed by atoms with van der Waals surface area (Å²) >= 11 is 3.33. The van der Waals surface area contributed by atoms with Gasteiger partial charge in [0.2, 0.25) is 0 Å². The Kier molecular flexibility index (Phi) is 5.27. The SMILES string of the molecule is O=C(O)C(CCOc1cccc(Br)c1)C1CCS(=O)(=O)C1. The first-order chi connectivity index (χ1) is 9.87. The first-order valence-electron chi connectivity index (χ1n) is 6.69. The quantitative estimate of drug-likeness (QED) is 0.823. The molecule has 1 saturated heterocycles. The van der Waals surface area contributed by atoms with E-state index < -0.39 is 21.7 Å². The molecule has 1 aliphatic rings. The first kappa shape index (κ1) is 16.3. The lowest BCUT2D eigenvalue weighted by atomic mass is 9.89. The van der Waals surface area contributed by atoms with Gasteiger partial charge in [-0.05, 0) is 37.0 Å². The molecule has 21 heavy (non-hydrogen) atoms. The van der Waals surface area contributed by atoms with E-state index in [-0.39, 0.29) is 24.0 Å². The minimum atomic E-state index is -3.07. The van der Waals surface area contributed by atoms with Crippen LogP contribution < -0.4 is 4.74 Å². The van der Waals surface area contributed by atoms with Gasteiger partial charge >= 0.3 is 5.97 Å². The van der Waals surface area contributed by atoms with Gasteiger partial charge in [0.05, 0.1) is 24.0 Å². The topological polar surface area (TPSA) is 80.7 Å². The Morgan fingerprint density at radius 1 is 1.48 bits per heavy atom. The summed E-state index contributed by atoms with van der Waals surface area (Å²) in [6.07, 6.45) is 0.734. The molecule has 7 heteroatoms. The highest BCUT2D eigenvalue weighted by Gasteiger charge is 2.37. The highest BCUT2D eigenvalue weighted by molar-refractivity contribution is 9.10. The van der Waals surface area contributed by atoms with Crippen molar-refractivity contribution in [3.63, 3.8) is 0 Å². The summed E-state index contributed by atoms with van der Waals surface area (Å²) in [5.74, 6) is -1.20. The summed E-state index contributed by atoms with van der Waals surface area (Å²) in [7, 11) is -3.07. The molecule has 1 fully saturated rings. The molecule has 0 aromatic heterocycles. The maximum atomic E-state index is 11.5. The van der Waals surface area contributed by atoms with Crippen molar-refractivity contribution in [1.82, 2.24) is 0 Å². The minimum absolute atomic E-state index is 0.0269. The van der Waals surface area contributed by atoms with Crippen molar-refractivity contribution in [1.29, 1.82) is 0 Å². The van der Waals surface area contributed by atoms with E-state index in [1.165, 1.54) is 0 Å². The Balaban J connectivity index is 1.91. The van der Waals surface area contributed by atoms with Crippen molar-refractivity contribution in [3.05, 3.63) is 28.7 Å². The molecular weight excluding hydrogens is 360 g/mol. The van der Waals surface area contributed by atoms with Crippen LogP contribution in [0.3, 0.4) is 0 Å². The molecule has 0 spiro atoms. The molecule has 116 valence electrons. The molecule has 2 unspecified atom stereocenters. The van der Waals surface area contributed by atoms with E-state index in [0.717, 1.165) is 4.47 Å². The Hall–Kier alpha value is -1.08. The predicted molar refractivity (Wildman–Crippen MR) is 82.1 cm³/mol. The van der Waals surface area contributed by atoms with E-state index in [1.54, 1.807) is 12.1 Å². The average molecular weight is 377 g/mol. The number of ether oxygens (including phenoxy) is 1. The van der Waals surface area contributed by atoms with Gasteiger partial charge in [0.25, 0.3) is 0 Å². The fourth-order valence-corrected chi connectivity index (χ4v) is 4.82. The van der Waals surface area contributed by atoms with Gasteiger partial charge in [0.1, 0.15) is 5.75 Å². The second-order valence-corrected chi connectivity index (χ2v) is 8.35. The number of rotatable bonds is 6. The van der Waals surface area contributed by atoms with Crippen molar-refractivity contribution >= 4 is 31.7 Å². The molecule has 0 bridgehead atoms. The zero-order valence-electron chi connectivity index (χ0n) is 11.4. The minimum Gasteiger partial charge on any atom is -0.494 e. The van der Waals surface area contributed by atoms with Crippen LogP contribution in [0.5, 0.6) is 5.75 Å². The van der Waals surface area contributed by atoms with Crippen molar-refractivity contribution in [3.8, 4) is 5.75 Å². The molecule has 0 aliphatic carbocycles. The van der Waals surface area contributed by atoms with E-state index in [9.17, 15) is 18.3 Å². The van der Waals surface area contributed by atoms with Gasteiger partial charge in [-0.25, -0.2) is 8.42 Å². The van der Waals surface area contributed by atoms with Crippen LogP contribution in [-0.4, -0.2) is 37.6 Å². The number of hydrogen-bond donors (Lipinski definition) is 1. The maximum Gasteiger partial charge on any atom is 0.306 e. The van der Waals surface area contributed by atoms with E-state index >= 15 is 0 Å². The van der Waals surface area contributed by atoms with Crippen LogP contribution in [0.2, 0.25) is 0 Å². The monoisotopic (exact) mass is 376 g/mol. The molecule has 1 aliphatic heterocycles. The summed E-state index contributed by atoms with van der Waals surface area (Å²) in [5.41, 5.74) is 0. The fourth-order valence-electron chi connectivity index (χ4n) is 2.56. The van der Waals surface area contributed by atoms with Gasteiger partial charge in [-0.15, -0.1) is 0 Å². The molecule has 1 heterocycles. The number of carboxylic acid groups (broad SMARTS) is 1. The number of carboxylic acids is 1. The van der Waals surface area contributed by atoms with Gasteiger partial charge < -0.3 is 9.84 Å². The average Bonchev–Trinajstić information content (AvgIpc) is 2.74. The number of hydrogen-bond acceptors (Lipinski definition) is 4. The third-order valence-corrected chi connectivity index (χ3v) is 5.93. The molecule has 0 amide bonds. The van der Waals surface area contributed by atoms with Crippen LogP contribution in [0, 0.1) is 11.8 Å². The Bertz CT molecular complexity index is 614. The molecular formula is C14H17BrO5S. The number of sulfone groups is 1. The van der Waals surface area contributed by atoms with E-state index in [2.05, 4.69) is 15.9 Å². The fraction of sp³-hybridized carbons (Fsp3) is 0.500. The Morgan fingerprint density at radius 3 is 2.81 bits per heavy atom. The number of aliphatic carboxylic acids is 1. The zero-order valence-corrected chi connectivity index (χ0v) is 13.8. The molecule has 1 aromatic carbocycles. The zero-order chi connectivity index (χ0) is 15.5. The van der Waals surface area contributed by atoms with E-state index in [0.29, 0.717) is 18.6 Å². The highest BCUT2D eigenvalue weighted by atomic mass is 79.9. The summed E-state index contributed by atoms with van der Waals surface area (Å²) in [6.45, 7) is 0.254. The van der Waals surface area contributed by atoms with Crippen molar-refractivity contribution in [2.45, 2.75) is 12.8 Å². The van der Waals surface area contributed by atoms with Crippen LogP contribution in [0.1, 0.15) is 12.8 Å². The number of benzene rings is 1. The van der Waals surface area contributed by atoms with Crippen molar-refractivity contribution in [2.24, 2.45) is 11.8 Å². The molecule has 1 N–H and O–H groups in total. The normalized spacial score (nSPS) is 21.9. The third-order valence-electron chi connectivity index (χ3n) is 3.65. The van der Waals surface area contributed by atoms with Gasteiger partial charge in [-0.3, -0.25) is 4.79 Å². The standard InChI is InChI=1S/C14H17BrO5S/c15-11-2-1-3-12(8-11)20-6-4-13(14(16)17)10-5-7-21(18,19)9-10/h1-3,8,10,13H,4-7,9H2,(H,16,17). The molecule has 2 rings (SSSR count). The lowest BCUT2D eigenvalue weighted by molar-refractivity contribution is -0.143. The van der Waals surface area contributed by atoms with Gasteiger partial charge in [0.15, 0.2) is 9.84 Å². The third kappa shape index (κ3) is 4.71.